The van der Waals surface area contributed by atoms with Crippen LogP contribution in [0.2, 0.25) is 0 Å². The third-order valence-corrected chi connectivity index (χ3v) is 3.96. The molecule has 1 heterocycles. The smallest absolute Gasteiger partial charge is 0.253 e. The van der Waals surface area contributed by atoms with Crippen LogP contribution in [0.4, 0.5) is 4.39 Å². The van der Waals surface area contributed by atoms with Gasteiger partial charge in [-0.3, -0.25) is 4.79 Å². The second-order valence-electron chi connectivity index (χ2n) is 5.66. The molecular weight excluding hydrogens is 279 g/mol. The standard InChI is InChI=1S/C18H15FN2O/c19-12-6-9-17-15(10-12)16(18(22)20-13-7-8-13)11-21(17)14-4-2-1-3-5-14/h1-6,9-11,13H,7-8H2,(H,20,22). The highest BCUT2D eigenvalue weighted by Gasteiger charge is 2.25. The third kappa shape index (κ3) is 2.26. The number of hydrogen-bond donors (Lipinski definition) is 1. The number of para-hydroxylation sites is 1. The maximum absolute atomic E-state index is 13.6. The Morgan fingerprint density at radius 2 is 1.91 bits per heavy atom. The van der Waals surface area contributed by atoms with E-state index in [4.69, 9.17) is 0 Å². The van der Waals surface area contributed by atoms with Crippen LogP contribution >= 0.6 is 0 Å². The van der Waals surface area contributed by atoms with E-state index in [1.807, 2.05) is 34.9 Å². The molecule has 1 fully saturated rings. The van der Waals surface area contributed by atoms with Crippen LogP contribution in [0.3, 0.4) is 0 Å². The second kappa shape index (κ2) is 4.98. The summed E-state index contributed by atoms with van der Waals surface area (Å²) in [6, 6.07) is 14.6. The Kier molecular flexibility index (Phi) is 2.96. The summed E-state index contributed by atoms with van der Waals surface area (Å²) >= 11 is 0. The lowest BCUT2D eigenvalue weighted by Crippen LogP contribution is -2.25. The summed E-state index contributed by atoms with van der Waals surface area (Å²) in [7, 11) is 0. The SMILES string of the molecule is O=C(NC1CC1)c1cn(-c2ccccc2)c2ccc(F)cc12. The van der Waals surface area contributed by atoms with Crippen molar-refractivity contribution in [3.8, 4) is 5.69 Å². The molecule has 1 amide bonds. The van der Waals surface area contributed by atoms with E-state index in [1.165, 1.54) is 12.1 Å². The van der Waals surface area contributed by atoms with E-state index < -0.39 is 0 Å². The van der Waals surface area contributed by atoms with Crippen LogP contribution in [0, 0.1) is 5.82 Å². The largest absolute Gasteiger partial charge is 0.349 e. The number of amides is 1. The minimum Gasteiger partial charge on any atom is -0.349 e. The van der Waals surface area contributed by atoms with E-state index >= 15 is 0 Å². The number of carbonyl (C=O) groups is 1. The number of hydrogen-bond acceptors (Lipinski definition) is 1. The van der Waals surface area contributed by atoms with E-state index in [0.717, 1.165) is 24.0 Å². The zero-order chi connectivity index (χ0) is 15.1. The molecule has 3 aromatic rings. The van der Waals surface area contributed by atoms with Crippen molar-refractivity contribution < 1.29 is 9.18 Å². The van der Waals surface area contributed by atoms with E-state index in [9.17, 15) is 9.18 Å². The Balaban J connectivity index is 1.88. The summed E-state index contributed by atoms with van der Waals surface area (Å²) in [4.78, 5) is 12.4. The number of nitrogens with zero attached hydrogens (tertiary/aromatic N) is 1. The minimum absolute atomic E-state index is 0.132. The van der Waals surface area contributed by atoms with Gasteiger partial charge in [0.05, 0.1) is 11.1 Å². The summed E-state index contributed by atoms with van der Waals surface area (Å²) in [5.74, 6) is -0.466. The number of halogens is 1. The molecular formula is C18H15FN2O. The number of nitrogens with one attached hydrogen (secondary N) is 1. The van der Waals surface area contributed by atoms with Crippen molar-refractivity contribution in [3.63, 3.8) is 0 Å². The normalized spacial score (nSPS) is 14.2. The zero-order valence-corrected chi connectivity index (χ0v) is 11.9. The van der Waals surface area contributed by atoms with Crippen molar-refractivity contribution >= 4 is 16.8 Å². The van der Waals surface area contributed by atoms with Crippen LogP contribution in [0.25, 0.3) is 16.6 Å². The van der Waals surface area contributed by atoms with Crippen LogP contribution in [-0.4, -0.2) is 16.5 Å². The first-order valence-corrected chi connectivity index (χ1v) is 7.39. The summed E-state index contributed by atoms with van der Waals surface area (Å²) in [5, 5.41) is 3.61. The number of benzene rings is 2. The van der Waals surface area contributed by atoms with Gasteiger partial charge in [-0.1, -0.05) is 18.2 Å². The van der Waals surface area contributed by atoms with Gasteiger partial charge in [0.25, 0.3) is 5.91 Å². The first-order valence-electron chi connectivity index (χ1n) is 7.39. The topological polar surface area (TPSA) is 34.0 Å². The molecule has 110 valence electrons. The van der Waals surface area contributed by atoms with Gasteiger partial charge in [-0.2, -0.15) is 0 Å². The van der Waals surface area contributed by atoms with Gasteiger partial charge >= 0.3 is 0 Å². The maximum atomic E-state index is 13.6. The molecule has 0 atom stereocenters. The lowest BCUT2D eigenvalue weighted by Gasteiger charge is -2.04. The van der Waals surface area contributed by atoms with Crippen molar-refractivity contribution in [2.45, 2.75) is 18.9 Å². The third-order valence-electron chi connectivity index (χ3n) is 3.96. The van der Waals surface area contributed by atoms with Crippen LogP contribution in [-0.2, 0) is 0 Å². The second-order valence-corrected chi connectivity index (χ2v) is 5.66. The average molecular weight is 294 g/mol. The Morgan fingerprint density at radius 3 is 2.64 bits per heavy atom. The Hall–Kier alpha value is -2.62. The van der Waals surface area contributed by atoms with Crippen molar-refractivity contribution in [1.29, 1.82) is 0 Å². The van der Waals surface area contributed by atoms with Gasteiger partial charge in [-0.15, -0.1) is 0 Å². The molecule has 0 saturated heterocycles. The molecule has 1 aromatic heterocycles. The van der Waals surface area contributed by atoms with E-state index in [1.54, 1.807) is 12.3 Å². The molecule has 0 unspecified atom stereocenters. The van der Waals surface area contributed by atoms with Gasteiger partial charge in [0, 0.05) is 23.3 Å². The molecule has 1 N–H and O–H groups in total. The van der Waals surface area contributed by atoms with Gasteiger partial charge in [-0.05, 0) is 43.2 Å². The Bertz CT molecular complexity index is 850. The highest BCUT2D eigenvalue weighted by atomic mass is 19.1. The predicted octanol–water partition coefficient (Wildman–Crippen LogP) is 3.66. The molecule has 3 nitrogen and oxygen atoms in total. The van der Waals surface area contributed by atoms with Crippen LogP contribution in [0.1, 0.15) is 23.2 Å². The molecule has 2 aromatic carbocycles. The van der Waals surface area contributed by atoms with Crippen molar-refractivity contribution in [3.05, 3.63) is 66.1 Å². The first-order chi connectivity index (χ1) is 10.7. The molecule has 0 radical (unpaired) electrons. The van der Waals surface area contributed by atoms with Crippen molar-refractivity contribution in [2.75, 3.05) is 0 Å². The summed E-state index contributed by atoms with van der Waals surface area (Å²) in [6.45, 7) is 0. The van der Waals surface area contributed by atoms with Crippen LogP contribution in [0.5, 0.6) is 0 Å². The molecule has 4 heteroatoms. The first kappa shape index (κ1) is 13.1. The lowest BCUT2D eigenvalue weighted by molar-refractivity contribution is 0.0952. The minimum atomic E-state index is -0.334. The molecule has 0 aliphatic heterocycles. The van der Waals surface area contributed by atoms with Crippen LogP contribution < -0.4 is 5.32 Å². The maximum Gasteiger partial charge on any atom is 0.253 e. The molecule has 0 bridgehead atoms. The average Bonchev–Trinajstić information content (AvgIpc) is 3.26. The fraction of sp³-hybridized carbons (Fsp3) is 0.167. The van der Waals surface area contributed by atoms with Gasteiger partial charge in [0.15, 0.2) is 0 Å². The van der Waals surface area contributed by atoms with E-state index in [-0.39, 0.29) is 17.8 Å². The summed E-state index contributed by atoms with van der Waals surface area (Å²) in [5.41, 5.74) is 2.29. The van der Waals surface area contributed by atoms with Crippen molar-refractivity contribution in [2.24, 2.45) is 0 Å². The van der Waals surface area contributed by atoms with Gasteiger partial charge in [0.2, 0.25) is 0 Å². The molecule has 0 spiro atoms. The number of rotatable bonds is 3. The monoisotopic (exact) mass is 294 g/mol. The Morgan fingerprint density at radius 1 is 1.14 bits per heavy atom. The van der Waals surface area contributed by atoms with Gasteiger partial charge in [-0.25, -0.2) is 4.39 Å². The summed E-state index contributed by atoms with van der Waals surface area (Å²) < 4.78 is 15.6. The number of carbonyl (C=O) groups excluding carboxylic acids is 1. The quantitative estimate of drug-likeness (QED) is 0.786. The highest BCUT2D eigenvalue weighted by Crippen LogP contribution is 2.27. The van der Waals surface area contributed by atoms with E-state index in [0.29, 0.717) is 10.9 Å². The van der Waals surface area contributed by atoms with Gasteiger partial charge < -0.3 is 9.88 Å². The van der Waals surface area contributed by atoms with E-state index in [2.05, 4.69) is 5.32 Å². The fourth-order valence-corrected chi connectivity index (χ4v) is 2.68. The van der Waals surface area contributed by atoms with Crippen molar-refractivity contribution in [1.82, 2.24) is 9.88 Å². The zero-order valence-electron chi connectivity index (χ0n) is 11.9. The molecule has 1 aliphatic carbocycles. The number of aromatic nitrogens is 1. The van der Waals surface area contributed by atoms with Gasteiger partial charge in [0.1, 0.15) is 5.82 Å². The molecule has 4 rings (SSSR count). The van der Waals surface area contributed by atoms with Crippen LogP contribution in [0.15, 0.2) is 54.7 Å². The number of fused-ring (bicyclic) bond motifs is 1. The Labute approximate surface area is 127 Å². The fourth-order valence-electron chi connectivity index (χ4n) is 2.68. The molecule has 1 saturated carbocycles. The predicted molar refractivity (Wildman–Crippen MR) is 83.7 cm³/mol. The summed E-state index contributed by atoms with van der Waals surface area (Å²) in [6.07, 6.45) is 3.84. The molecule has 1 aliphatic rings. The highest BCUT2D eigenvalue weighted by molar-refractivity contribution is 6.07. The lowest BCUT2D eigenvalue weighted by atomic mass is 10.1. The molecule has 22 heavy (non-hydrogen) atoms.